The van der Waals surface area contributed by atoms with E-state index in [1.54, 1.807) is 18.4 Å². The van der Waals surface area contributed by atoms with E-state index in [-0.39, 0.29) is 11.9 Å². The molecule has 5 heteroatoms. The smallest absolute Gasteiger partial charge is 0.261 e. The van der Waals surface area contributed by atoms with Gasteiger partial charge in [0.2, 0.25) is 0 Å². The van der Waals surface area contributed by atoms with E-state index in [1.165, 1.54) is 5.56 Å². The molecule has 27 heavy (non-hydrogen) atoms. The zero-order chi connectivity index (χ0) is 18.6. The van der Waals surface area contributed by atoms with Gasteiger partial charge in [-0.3, -0.25) is 9.69 Å². The number of nitrogens with one attached hydrogen (secondary N) is 1. The number of rotatable bonds is 5. The van der Waals surface area contributed by atoms with Crippen LogP contribution >= 0.6 is 11.3 Å². The molecule has 1 saturated heterocycles. The number of likely N-dealkylation sites (tertiary alicyclic amines) is 1. The van der Waals surface area contributed by atoms with E-state index in [2.05, 4.69) is 34.5 Å². The lowest BCUT2D eigenvalue weighted by Gasteiger charge is -2.32. The summed E-state index contributed by atoms with van der Waals surface area (Å²) in [6.07, 6.45) is 1.96. The summed E-state index contributed by atoms with van der Waals surface area (Å²) in [4.78, 5) is 15.8. The molecule has 1 N–H and O–H groups in total. The van der Waals surface area contributed by atoms with Crippen LogP contribution in [0.4, 0.5) is 0 Å². The van der Waals surface area contributed by atoms with Gasteiger partial charge in [0.15, 0.2) is 0 Å². The maximum Gasteiger partial charge on any atom is 0.261 e. The van der Waals surface area contributed by atoms with Crippen molar-refractivity contribution in [2.24, 2.45) is 0 Å². The number of carbonyl (C=O) groups excluding carboxylic acids is 1. The van der Waals surface area contributed by atoms with Crippen LogP contribution < -0.4 is 10.1 Å². The van der Waals surface area contributed by atoms with Gasteiger partial charge in [0.1, 0.15) is 5.75 Å². The molecule has 4 rings (SSSR count). The lowest BCUT2D eigenvalue weighted by molar-refractivity contribution is 0.0913. The van der Waals surface area contributed by atoms with E-state index in [0.717, 1.165) is 53.2 Å². The molecular weight excluding hydrogens is 356 g/mol. The highest BCUT2D eigenvalue weighted by Gasteiger charge is 2.22. The van der Waals surface area contributed by atoms with Gasteiger partial charge in [0, 0.05) is 35.9 Å². The normalized spacial score (nSPS) is 15.7. The molecule has 1 fully saturated rings. The summed E-state index contributed by atoms with van der Waals surface area (Å²) < 4.78 is 6.61. The van der Waals surface area contributed by atoms with Crippen LogP contribution in [-0.4, -0.2) is 37.0 Å². The van der Waals surface area contributed by atoms with Gasteiger partial charge in [0.25, 0.3) is 5.91 Å². The molecule has 2 heterocycles. The van der Waals surface area contributed by atoms with Crippen molar-refractivity contribution in [1.82, 2.24) is 10.2 Å². The summed E-state index contributed by atoms with van der Waals surface area (Å²) in [5, 5.41) is 4.36. The molecule has 1 aliphatic rings. The van der Waals surface area contributed by atoms with E-state index in [9.17, 15) is 4.79 Å². The average molecular weight is 381 g/mol. The summed E-state index contributed by atoms with van der Waals surface area (Å²) >= 11 is 1.56. The van der Waals surface area contributed by atoms with Crippen molar-refractivity contribution in [2.75, 3.05) is 20.2 Å². The van der Waals surface area contributed by atoms with E-state index >= 15 is 0 Å². The molecule has 1 aromatic heterocycles. The fourth-order valence-corrected chi connectivity index (χ4v) is 4.63. The molecule has 0 atom stereocenters. The summed E-state index contributed by atoms with van der Waals surface area (Å²) in [5.41, 5.74) is 1.22. The molecule has 140 valence electrons. The Labute approximate surface area is 163 Å². The van der Waals surface area contributed by atoms with Gasteiger partial charge < -0.3 is 10.1 Å². The standard InChI is InChI=1S/C22H24N2O2S/c1-26-19-8-4-2-7-17(19)15-24-12-10-18(11-13-24)23-22(25)21-14-16-6-3-5-9-20(16)27-21/h2-9,14,18H,10-13,15H2,1H3,(H,23,25). The van der Waals surface area contributed by atoms with Gasteiger partial charge in [-0.2, -0.15) is 0 Å². The van der Waals surface area contributed by atoms with Gasteiger partial charge in [0.05, 0.1) is 12.0 Å². The van der Waals surface area contributed by atoms with Gasteiger partial charge >= 0.3 is 0 Å². The molecule has 2 aromatic carbocycles. The Morgan fingerprint density at radius 1 is 1.15 bits per heavy atom. The highest BCUT2D eigenvalue weighted by atomic mass is 32.1. The SMILES string of the molecule is COc1ccccc1CN1CCC(NC(=O)c2cc3ccccc3s2)CC1. The van der Waals surface area contributed by atoms with Gasteiger partial charge in [-0.25, -0.2) is 0 Å². The number of piperidine rings is 1. The van der Waals surface area contributed by atoms with E-state index < -0.39 is 0 Å². The quantitative estimate of drug-likeness (QED) is 0.717. The molecule has 0 spiro atoms. The van der Waals surface area contributed by atoms with E-state index in [0.29, 0.717) is 0 Å². The second-order valence-corrected chi connectivity index (χ2v) is 8.07. The lowest BCUT2D eigenvalue weighted by atomic mass is 10.0. The van der Waals surface area contributed by atoms with Crippen LogP contribution in [-0.2, 0) is 6.54 Å². The third-order valence-corrected chi connectivity index (χ3v) is 6.27. The van der Waals surface area contributed by atoms with Crippen molar-refractivity contribution >= 4 is 27.3 Å². The molecule has 1 amide bonds. The molecular formula is C22H24N2O2S. The first-order valence-corrected chi connectivity index (χ1v) is 10.2. The number of fused-ring (bicyclic) bond motifs is 1. The zero-order valence-electron chi connectivity index (χ0n) is 15.5. The van der Waals surface area contributed by atoms with Crippen LogP contribution in [0.3, 0.4) is 0 Å². The van der Waals surface area contributed by atoms with Gasteiger partial charge in [-0.1, -0.05) is 36.4 Å². The van der Waals surface area contributed by atoms with Crippen molar-refractivity contribution in [3.05, 3.63) is 65.0 Å². The number of para-hydroxylation sites is 1. The number of thiophene rings is 1. The monoisotopic (exact) mass is 380 g/mol. The minimum atomic E-state index is 0.0550. The summed E-state index contributed by atoms with van der Waals surface area (Å²) in [7, 11) is 1.72. The Kier molecular flexibility index (Phi) is 5.41. The first-order valence-electron chi connectivity index (χ1n) is 9.36. The molecule has 0 bridgehead atoms. The van der Waals surface area contributed by atoms with Crippen LogP contribution in [0.2, 0.25) is 0 Å². The second-order valence-electron chi connectivity index (χ2n) is 6.98. The maximum absolute atomic E-state index is 12.6. The number of hydrogen-bond donors (Lipinski definition) is 1. The Hall–Kier alpha value is -2.37. The number of benzene rings is 2. The van der Waals surface area contributed by atoms with Crippen molar-refractivity contribution in [3.63, 3.8) is 0 Å². The van der Waals surface area contributed by atoms with E-state index in [4.69, 9.17) is 4.74 Å². The van der Waals surface area contributed by atoms with Crippen molar-refractivity contribution < 1.29 is 9.53 Å². The predicted molar refractivity (Wildman–Crippen MR) is 111 cm³/mol. The van der Waals surface area contributed by atoms with Gasteiger partial charge in [-0.05, 0) is 36.4 Å². The summed E-state index contributed by atoms with van der Waals surface area (Å²) in [5.74, 6) is 0.997. The lowest BCUT2D eigenvalue weighted by Crippen LogP contribution is -2.44. The molecule has 4 nitrogen and oxygen atoms in total. The van der Waals surface area contributed by atoms with Crippen molar-refractivity contribution in [2.45, 2.75) is 25.4 Å². The van der Waals surface area contributed by atoms with Crippen molar-refractivity contribution in [1.29, 1.82) is 0 Å². The highest BCUT2D eigenvalue weighted by molar-refractivity contribution is 7.20. The first kappa shape index (κ1) is 18.0. The number of ether oxygens (including phenoxy) is 1. The number of nitrogens with zero attached hydrogens (tertiary/aromatic N) is 1. The van der Waals surface area contributed by atoms with E-state index in [1.807, 2.05) is 30.3 Å². The topological polar surface area (TPSA) is 41.6 Å². The minimum absolute atomic E-state index is 0.0550. The second kappa shape index (κ2) is 8.11. The van der Waals surface area contributed by atoms with Crippen LogP contribution in [0.15, 0.2) is 54.6 Å². The largest absolute Gasteiger partial charge is 0.496 e. The Balaban J connectivity index is 1.32. The highest BCUT2D eigenvalue weighted by Crippen LogP contribution is 2.26. The third-order valence-electron chi connectivity index (χ3n) is 5.16. The molecule has 0 unspecified atom stereocenters. The van der Waals surface area contributed by atoms with Crippen LogP contribution in [0, 0.1) is 0 Å². The Bertz CT molecular complexity index is 896. The number of amides is 1. The Morgan fingerprint density at radius 2 is 1.89 bits per heavy atom. The number of carbonyl (C=O) groups is 1. The summed E-state index contributed by atoms with van der Waals surface area (Å²) in [6, 6.07) is 18.6. The Morgan fingerprint density at radius 3 is 2.67 bits per heavy atom. The molecule has 0 aliphatic carbocycles. The first-order chi connectivity index (χ1) is 13.2. The third kappa shape index (κ3) is 4.15. The predicted octanol–water partition coefficient (Wildman–Crippen LogP) is 4.30. The fraction of sp³-hybridized carbons (Fsp3) is 0.318. The van der Waals surface area contributed by atoms with Crippen molar-refractivity contribution in [3.8, 4) is 5.75 Å². The number of hydrogen-bond acceptors (Lipinski definition) is 4. The molecule has 3 aromatic rings. The average Bonchev–Trinajstić information content (AvgIpc) is 3.14. The maximum atomic E-state index is 12.6. The molecule has 1 aliphatic heterocycles. The fourth-order valence-electron chi connectivity index (χ4n) is 3.66. The molecule has 0 saturated carbocycles. The zero-order valence-corrected chi connectivity index (χ0v) is 16.3. The minimum Gasteiger partial charge on any atom is -0.496 e. The van der Waals surface area contributed by atoms with Crippen LogP contribution in [0.5, 0.6) is 5.75 Å². The van der Waals surface area contributed by atoms with Gasteiger partial charge in [-0.15, -0.1) is 11.3 Å². The molecule has 0 radical (unpaired) electrons. The summed E-state index contributed by atoms with van der Waals surface area (Å²) in [6.45, 7) is 2.85. The van der Waals surface area contributed by atoms with Crippen LogP contribution in [0.1, 0.15) is 28.1 Å². The van der Waals surface area contributed by atoms with Crippen LogP contribution in [0.25, 0.3) is 10.1 Å². The number of methoxy groups -OCH3 is 1.